The molecule has 0 heterocycles. The molecule has 1 N–H and O–H groups in total. The van der Waals surface area contributed by atoms with Gasteiger partial charge < -0.3 is 5.11 Å². The quantitative estimate of drug-likeness (QED) is 0.665. The Morgan fingerprint density at radius 3 is 2.43 bits per heavy atom. The van der Waals surface area contributed by atoms with Gasteiger partial charge in [-0.25, -0.2) is 0 Å². The monoisotopic (exact) mass is 304 g/mol. The van der Waals surface area contributed by atoms with Crippen molar-refractivity contribution in [1.82, 2.24) is 0 Å². The number of fused-ring (bicyclic) bond motifs is 1. The normalized spacial score (nSPS) is 10.9. The molecule has 0 spiro atoms. The molecule has 0 bridgehead atoms. The largest absolute Gasteiger partial charge is 0.507 e. The Morgan fingerprint density at radius 2 is 1.74 bits per heavy atom. The van der Waals surface area contributed by atoms with Gasteiger partial charge >= 0.3 is 0 Å². The number of hydrogen-bond acceptors (Lipinski definition) is 2. The Labute approximate surface area is 136 Å². The van der Waals surface area contributed by atoms with Gasteiger partial charge in [0.05, 0.1) is 5.56 Å². The number of phenolic OH excluding ortho intramolecular Hbond substituents is 1. The average molecular weight is 304 g/mol. The summed E-state index contributed by atoms with van der Waals surface area (Å²) in [4.78, 5) is 11.2. The van der Waals surface area contributed by atoms with Crippen molar-refractivity contribution >= 4 is 17.1 Å². The first kappa shape index (κ1) is 15.3. The number of hydrogen-bond donors (Lipinski definition) is 1. The highest BCUT2D eigenvalue weighted by Crippen LogP contribution is 2.30. The molecule has 0 saturated heterocycles. The second kappa shape index (κ2) is 6.25. The lowest BCUT2D eigenvalue weighted by Gasteiger charge is -2.10. The van der Waals surface area contributed by atoms with Gasteiger partial charge in [0.15, 0.2) is 6.29 Å². The molecule has 0 fully saturated rings. The van der Waals surface area contributed by atoms with Gasteiger partial charge in [0.2, 0.25) is 0 Å². The molecule has 0 aliphatic heterocycles. The van der Waals surface area contributed by atoms with E-state index in [2.05, 4.69) is 38.1 Å². The molecule has 0 atom stereocenters. The number of rotatable bonds is 4. The lowest BCUT2D eigenvalue weighted by atomic mass is 9.95. The summed E-state index contributed by atoms with van der Waals surface area (Å²) in [6, 6.07) is 16.0. The molecular weight excluding hydrogens is 284 g/mol. The fourth-order valence-corrected chi connectivity index (χ4v) is 3.07. The van der Waals surface area contributed by atoms with E-state index in [0.717, 1.165) is 29.2 Å². The third kappa shape index (κ3) is 2.85. The molecule has 2 nitrogen and oxygen atoms in total. The molecule has 0 saturated carbocycles. The van der Waals surface area contributed by atoms with Crippen LogP contribution in [0.4, 0.5) is 0 Å². The minimum Gasteiger partial charge on any atom is -0.507 e. The van der Waals surface area contributed by atoms with Crippen LogP contribution in [0.15, 0.2) is 48.5 Å². The summed E-state index contributed by atoms with van der Waals surface area (Å²) >= 11 is 0. The van der Waals surface area contributed by atoms with Gasteiger partial charge in [-0.05, 0) is 58.5 Å². The van der Waals surface area contributed by atoms with Crippen LogP contribution < -0.4 is 0 Å². The first-order valence-electron chi connectivity index (χ1n) is 7.95. The summed E-state index contributed by atoms with van der Waals surface area (Å²) in [5, 5.41) is 11.5. The van der Waals surface area contributed by atoms with Crippen LogP contribution in [0.5, 0.6) is 5.75 Å². The van der Waals surface area contributed by atoms with Crippen LogP contribution >= 0.6 is 0 Å². The van der Waals surface area contributed by atoms with Crippen LogP contribution in [0.3, 0.4) is 0 Å². The van der Waals surface area contributed by atoms with Gasteiger partial charge in [-0.15, -0.1) is 0 Å². The molecule has 3 rings (SSSR count). The molecule has 3 aromatic carbocycles. The van der Waals surface area contributed by atoms with Crippen LogP contribution in [0.2, 0.25) is 0 Å². The third-order valence-electron chi connectivity index (χ3n) is 4.35. The van der Waals surface area contributed by atoms with E-state index in [1.165, 1.54) is 16.7 Å². The number of phenols is 1. The van der Waals surface area contributed by atoms with Gasteiger partial charge in [-0.2, -0.15) is 0 Å². The molecule has 116 valence electrons. The van der Waals surface area contributed by atoms with Gasteiger partial charge in [0, 0.05) is 0 Å². The standard InChI is InChI=1S/C21H20O2/c1-3-4-15-5-6-16(11-14(15)2)17-7-9-19-18(12-17)8-10-21(23)20(19)13-22/h5-13,23H,3-4H2,1-2H3. The fourth-order valence-electron chi connectivity index (χ4n) is 3.07. The van der Waals surface area contributed by atoms with E-state index in [1.54, 1.807) is 6.07 Å². The molecule has 0 aromatic heterocycles. The van der Waals surface area contributed by atoms with Crippen LogP contribution in [0.1, 0.15) is 34.8 Å². The van der Waals surface area contributed by atoms with Crippen LogP contribution in [0.25, 0.3) is 21.9 Å². The number of benzene rings is 3. The maximum absolute atomic E-state index is 11.2. The number of aryl methyl sites for hydroxylation is 2. The topological polar surface area (TPSA) is 37.3 Å². The molecule has 0 aliphatic carbocycles. The van der Waals surface area contributed by atoms with Crippen molar-refractivity contribution in [3.8, 4) is 16.9 Å². The van der Waals surface area contributed by atoms with Crippen molar-refractivity contribution in [2.45, 2.75) is 26.7 Å². The first-order valence-corrected chi connectivity index (χ1v) is 7.95. The Bertz CT molecular complexity index is 878. The summed E-state index contributed by atoms with van der Waals surface area (Å²) in [5.74, 6) is 0.0278. The predicted molar refractivity (Wildman–Crippen MR) is 95.2 cm³/mol. The molecule has 3 aromatic rings. The average Bonchev–Trinajstić information content (AvgIpc) is 2.56. The van der Waals surface area contributed by atoms with Crippen molar-refractivity contribution < 1.29 is 9.90 Å². The van der Waals surface area contributed by atoms with Gasteiger partial charge in [0.1, 0.15) is 5.75 Å². The summed E-state index contributed by atoms with van der Waals surface area (Å²) in [6.07, 6.45) is 2.96. The Morgan fingerprint density at radius 1 is 1.00 bits per heavy atom. The molecular formula is C21H20O2. The predicted octanol–water partition coefficient (Wildman–Crippen LogP) is 5.29. The highest BCUT2D eigenvalue weighted by atomic mass is 16.3. The second-order valence-electron chi connectivity index (χ2n) is 5.94. The fraction of sp³-hybridized carbons (Fsp3) is 0.190. The summed E-state index contributed by atoms with van der Waals surface area (Å²) in [6.45, 7) is 4.34. The maximum atomic E-state index is 11.2. The van der Waals surface area contributed by atoms with E-state index in [4.69, 9.17) is 0 Å². The Balaban J connectivity index is 2.09. The summed E-state index contributed by atoms with van der Waals surface area (Å²) < 4.78 is 0. The Hall–Kier alpha value is -2.61. The van der Waals surface area contributed by atoms with Crippen molar-refractivity contribution in [3.05, 3.63) is 65.2 Å². The van der Waals surface area contributed by atoms with E-state index in [9.17, 15) is 9.90 Å². The van der Waals surface area contributed by atoms with E-state index >= 15 is 0 Å². The van der Waals surface area contributed by atoms with E-state index in [-0.39, 0.29) is 5.75 Å². The first-order chi connectivity index (χ1) is 11.1. The van der Waals surface area contributed by atoms with E-state index in [0.29, 0.717) is 11.8 Å². The highest BCUT2D eigenvalue weighted by Gasteiger charge is 2.08. The second-order valence-corrected chi connectivity index (χ2v) is 5.94. The van der Waals surface area contributed by atoms with E-state index in [1.807, 2.05) is 18.2 Å². The summed E-state index contributed by atoms with van der Waals surface area (Å²) in [5.41, 5.74) is 5.34. The maximum Gasteiger partial charge on any atom is 0.154 e. The zero-order chi connectivity index (χ0) is 16.4. The minimum absolute atomic E-state index is 0.0278. The van der Waals surface area contributed by atoms with Gasteiger partial charge in [0.25, 0.3) is 0 Å². The van der Waals surface area contributed by atoms with Crippen molar-refractivity contribution in [2.24, 2.45) is 0 Å². The van der Waals surface area contributed by atoms with Crippen molar-refractivity contribution in [1.29, 1.82) is 0 Å². The van der Waals surface area contributed by atoms with Crippen molar-refractivity contribution in [2.75, 3.05) is 0 Å². The SMILES string of the molecule is CCCc1ccc(-c2ccc3c(C=O)c(O)ccc3c2)cc1C. The zero-order valence-electron chi connectivity index (χ0n) is 13.5. The lowest BCUT2D eigenvalue weighted by molar-refractivity contribution is 0.112. The van der Waals surface area contributed by atoms with Gasteiger partial charge in [-0.1, -0.05) is 49.7 Å². The number of carbonyl (C=O) groups is 1. The number of aromatic hydroxyl groups is 1. The third-order valence-corrected chi connectivity index (χ3v) is 4.35. The smallest absolute Gasteiger partial charge is 0.154 e. The zero-order valence-corrected chi connectivity index (χ0v) is 13.5. The van der Waals surface area contributed by atoms with E-state index < -0.39 is 0 Å². The minimum atomic E-state index is 0.0278. The van der Waals surface area contributed by atoms with Crippen molar-refractivity contribution in [3.63, 3.8) is 0 Å². The molecule has 0 unspecified atom stereocenters. The Kier molecular flexibility index (Phi) is 4.16. The molecule has 2 heteroatoms. The highest BCUT2D eigenvalue weighted by molar-refractivity contribution is 6.02. The van der Waals surface area contributed by atoms with Crippen LogP contribution in [0, 0.1) is 6.92 Å². The number of aldehydes is 1. The molecule has 0 aliphatic rings. The van der Waals surface area contributed by atoms with Crippen LogP contribution in [-0.4, -0.2) is 11.4 Å². The molecule has 0 radical (unpaired) electrons. The summed E-state index contributed by atoms with van der Waals surface area (Å²) in [7, 11) is 0. The van der Waals surface area contributed by atoms with Crippen LogP contribution in [-0.2, 0) is 6.42 Å². The van der Waals surface area contributed by atoms with Gasteiger partial charge in [-0.3, -0.25) is 4.79 Å². The molecule has 0 amide bonds. The lowest BCUT2D eigenvalue weighted by Crippen LogP contribution is -1.90. The number of carbonyl (C=O) groups excluding carboxylic acids is 1. The molecule has 23 heavy (non-hydrogen) atoms.